The topological polar surface area (TPSA) is 17.1 Å². The molecule has 2 heteroatoms. The number of hydrogen-bond donors (Lipinski definition) is 1. The third-order valence-corrected chi connectivity index (χ3v) is 1.22. The molecule has 0 amide bonds. The van der Waals surface area contributed by atoms with Crippen molar-refractivity contribution >= 4 is 17.7 Å². The Labute approximate surface area is 84.9 Å². The predicted molar refractivity (Wildman–Crippen MR) is 60.0 cm³/mol. The van der Waals surface area contributed by atoms with Crippen LogP contribution >= 0.6 is 12.6 Å². The first-order chi connectivity index (χ1) is 6.16. The molecule has 0 fully saturated rings. The second-order valence-electron chi connectivity index (χ2n) is 2.50. The van der Waals surface area contributed by atoms with Gasteiger partial charge in [-0.1, -0.05) is 36.4 Å². The van der Waals surface area contributed by atoms with Gasteiger partial charge in [0.05, 0.1) is 0 Å². The van der Waals surface area contributed by atoms with Crippen LogP contribution < -0.4 is 0 Å². The molecule has 0 aromatic heterocycles. The summed E-state index contributed by atoms with van der Waals surface area (Å²) in [6, 6.07) is 10.3. The molecule has 0 saturated heterocycles. The van der Waals surface area contributed by atoms with Crippen molar-refractivity contribution in [2.24, 2.45) is 0 Å². The first kappa shape index (κ1) is 12.0. The minimum Gasteiger partial charge on any atom is -0.288 e. The number of rotatable bonds is 2. The maximum Gasteiger partial charge on any atom is 0.182 e. The second-order valence-corrected chi connectivity index (χ2v) is 3.13. The number of thiol groups is 1. The molecule has 0 radical (unpaired) electrons. The zero-order valence-electron chi connectivity index (χ0n) is 7.73. The van der Waals surface area contributed by atoms with E-state index in [1.165, 1.54) is 12.5 Å². The van der Waals surface area contributed by atoms with E-state index in [2.05, 4.69) is 31.3 Å². The SMILES string of the molecule is C=CCc1ccccc1.CC(=O)S. The molecular formula is C11H14OS. The highest BCUT2D eigenvalue weighted by Gasteiger charge is 1.82. The fourth-order valence-corrected chi connectivity index (χ4v) is 0.781. The van der Waals surface area contributed by atoms with E-state index < -0.39 is 0 Å². The van der Waals surface area contributed by atoms with Gasteiger partial charge in [-0.3, -0.25) is 4.79 Å². The molecule has 1 rings (SSSR count). The molecule has 0 aliphatic heterocycles. The van der Waals surface area contributed by atoms with Crippen LogP contribution in [0.1, 0.15) is 12.5 Å². The smallest absolute Gasteiger partial charge is 0.182 e. The highest BCUT2D eigenvalue weighted by atomic mass is 32.1. The Balaban J connectivity index is 0.000000310. The van der Waals surface area contributed by atoms with Crippen molar-refractivity contribution in [1.82, 2.24) is 0 Å². The summed E-state index contributed by atoms with van der Waals surface area (Å²) >= 11 is 3.33. The van der Waals surface area contributed by atoms with Crippen LogP contribution in [0, 0.1) is 0 Å². The van der Waals surface area contributed by atoms with E-state index in [0.29, 0.717) is 0 Å². The summed E-state index contributed by atoms with van der Waals surface area (Å²) in [5.41, 5.74) is 1.33. The van der Waals surface area contributed by atoms with Crippen LogP contribution in [0.4, 0.5) is 0 Å². The summed E-state index contributed by atoms with van der Waals surface area (Å²) in [4.78, 5) is 9.31. The van der Waals surface area contributed by atoms with Crippen LogP contribution in [0.25, 0.3) is 0 Å². The molecule has 0 N–H and O–H groups in total. The Morgan fingerprint density at radius 3 is 2.31 bits per heavy atom. The number of allylic oxidation sites excluding steroid dienone is 1. The minimum absolute atomic E-state index is 0.139. The summed E-state index contributed by atoms with van der Waals surface area (Å²) in [6.07, 6.45) is 2.89. The van der Waals surface area contributed by atoms with Gasteiger partial charge in [0.1, 0.15) is 0 Å². The normalized spacial score (nSPS) is 8.15. The zero-order valence-corrected chi connectivity index (χ0v) is 8.63. The maximum absolute atomic E-state index is 9.31. The number of carbonyl (C=O) groups excluding carboxylic acids is 1. The molecule has 1 aromatic carbocycles. The summed E-state index contributed by atoms with van der Waals surface area (Å²) < 4.78 is 0. The van der Waals surface area contributed by atoms with E-state index in [1.807, 2.05) is 24.3 Å². The van der Waals surface area contributed by atoms with Crippen molar-refractivity contribution in [2.45, 2.75) is 13.3 Å². The monoisotopic (exact) mass is 194 g/mol. The Kier molecular flexibility index (Phi) is 7.02. The van der Waals surface area contributed by atoms with Gasteiger partial charge in [0, 0.05) is 6.92 Å². The van der Waals surface area contributed by atoms with Gasteiger partial charge in [0.25, 0.3) is 0 Å². The van der Waals surface area contributed by atoms with Crippen molar-refractivity contribution in [3.63, 3.8) is 0 Å². The molecule has 13 heavy (non-hydrogen) atoms. The predicted octanol–water partition coefficient (Wildman–Crippen LogP) is 2.88. The number of benzene rings is 1. The molecule has 70 valence electrons. The fraction of sp³-hybridized carbons (Fsp3) is 0.182. The largest absolute Gasteiger partial charge is 0.288 e. The quantitative estimate of drug-likeness (QED) is 0.566. The Hall–Kier alpha value is -1.02. The molecule has 0 saturated carbocycles. The van der Waals surface area contributed by atoms with Crippen molar-refractivity contribution in [3.05, 3.63) is 48.6 Å². The molecule has 0 bridgehead atoms. The van der Waals surface area contributed by atoms with Gasteiger partial charge in [-0.25, -0.2) is 0 Å². The lowest BCUT2D eigenvalue weighted by atomic mass is 10.2. The van der Waals surface area contributed by atoms with E-state index in [4.69, 9.17) is 0 Å². The van der Waals surface area contributed by atoms with Crippen LogP contribution in [0.3, 0.4) is 0 Å². The molecule has 1 nitrogen and oxygen atoms in total. The highest BCUT2D eigenvalue weighted by molar-refractivity contribution is 7.96. The van der Waals surface area contributed by atoms with Crippen LogP contribution in [0.15, 0.2) is 43.0 Å². The minimum atomic E-state index is -0.139. The van der Waals surface area contributed by atoms with E-state index in [0.717, 1.165) is 6.42 Å². The van der Waals surface area contributed by atoms with Gasteiger partial charge in [-0.2, -0.15) is 0 Å². The lowest BCUT2D eigenvalue weighted by Crippen LogP contribution is -1.75. The van der Waals surface area contributed by atoms with Gasteiger partial charge < -0.3 is 0 Å². The van der Waals surface area contributed by atoms with Gasteiger partial charge in [-0.15, -0.1) is 19.2 Å². The van der Waals surface area contributed by atoms with Gasteiger partial charge in [0.2, 0.25) is 0 Å². The molecule has 0 heterocycles. The third-order valence-electron chi connectivity index (χ3n) is 1.22. The van der Waals surface area contributed by atoms with Crippen LogP contribution in [0.2, 0.25) is 0 Å². The summed E-state index contributed by atoms with van der Waals surface area (Å²) in [5.74, 6) is 0. The maximum atomic E-state index is 9.31. The lowest BCUT2D eigenvalue weighted by Gasteiger charge is -1.91. The summed E-state index contributed by atoms with van der Waals surface area (Å²) in [7, 11) is 0. The Morgan fingerprint density at radius 2 is 1.92 bits per heavy atom. The number of hydrogen-bond acceptors (Lipinski definition) is 1. The van der Waals surface area contributed by atoms with E-state index in [1.54, 1.807) is 0 Å². The van der Waals surface area contributed by atoms with Gasteiger partial charge in [-0.05, 0) is 12.0 Å². The second kappa shape index (κ2) is 7.62. The van der Waals surface area contributed by atoms with E-state index >= 15 is 0 Å². The van der Waals surface area contributed by atoms with Crippen LogP contribution in [-0.2, 0) is 11.2 Å². The summed E-state index contributed by atoms with van der Waals surface area (Å²) in [5, 5.41) is -0.139. The molecule has 0 atom stereocenters. The molecule has 0 unspecified atom stereocenters. The highest BCUT2D eigenvalue weighted by Crippen LogP contribution is 1.98. The lowest BCUT2D eigenvalue weighted by molar-refractivity contribution is -0.108. The standard InChI is InChI=1S/C9H10.C2H4OS/c1-2-6-9-7-4-3-5-8-9;1-2(3)4/h2-5,7-8H,1,6H2;1H3,(H,3,4). The van der Waals surface area contributed by atoms with Crippen molar-refractivity contribution in [3.8, 4) is 0 Å². The molecular weight excluding hydrogens is 180 g/mol. The van der Waals surface area contributed by atoms with E-state index in [9.17, 15) is 4.79 Å². The zero-order chi connectivity index (χ0) is 10.1. The fourth-order valence-electron chi connectivity index (χ4n) is 0.781. The van der Waals surface area contributed by atoms with Gasteiger partial charge in [0.15, 0.2) is 5.12 Å². The Morgan fingerprint density at radius 1 is 1.46 bits per heavy atom. The molecule has 0 aliphatic rings. The molecule has 1 aromatic rings. The van der Waals surface area contributed by atoms with Gasteiger partial charge >= 0.3 is 0 Å². The average molecular weight is 194 g/mol. The summed E-state index contributed by atoms with van der Waals surface area (Å²) in [6.45, 7) is 5.05. The van der Waals surface area contributed by atoms with Crippen LogP contribution in [0.5, 0.6) is 0 Å². The Bertz CT molecular complexity index is 250. The average Bonchev–Trinajstić information content (AvgIpc) is 2.06. The van der Waals surface area contributed by atoms with Crippen molar-refractivity contribution < 1.29 is 4.79 Å². The van der Waals surface area contributed by atoms with Crippen molar-refractivity contribution in [1.29, 1.82) is 0 Å². The van der Waals surface area contributed by atoms with Crippen molar-refractivity contribution in [2.75, 3.05) is 0 Å². The van der Waals surface area contributed by atoms with Crippen LogP contribution in [-0.4, -0.2) is 5.12 Å². The first-order valence-corrected chi connectivity index (χ1v) is 4.46. The third kappa shape index (κ3) is 8.89. The van der Waals surface area contributed by atoms with E-state index in [-0.39, 0.29) is 5.12 Å². The molecule has 0 spiro atoms. The molecule has 0 aliphatic carbocycles. The first-order valence-electron chi connectivity index (χ1n) is 4.01. The number of carbonyl (C=O) groups is 1.